The van der Waals surface area contributed by atoms with Crippen LogP contribution in [0.3, 0.4) is 0 Å². The number of carbonyl (C=O) groups is 1. The molecule has 1 atom stereocenters. The maximum atomic E-state index is 11.5. The van der Waals surface area contributed by atoms with Crippen molar-refractivity contribution < 1.29 is 9.53 Å². The molecule has 0 saturated heterocycles. The van der Waals surface area contributed by atoms with E-state index in [0.717, 1.165) is 11.1 Å². The van der Waals surface area contributed by atoms with Gasteiger partial charge in [-0.3, -0.25) is 4.79 Å². The van der Waals surface area contributed by atoms with Crippen LogP contribution in [0.5, 0.6) is 0 Å². The van der Waals surface area contributed by atoms with E-state index in [1.807, 2.05) is 31.2 Å². The van der Waals surface area contributed by atoms with Gasteiger partial charge in [0.05, 0.1) is 12.6 Å². The predicted molar refractivity (Wildman–Crippen MR) is 67.3 cm³/mol. The average molecular weight is 236 g/mol. The largest absolute Gasteiger partial charge is 0.380 e. The summed E-state index contributed by atoms with van der Waals surface area (Å²) >= 11 is 0. The first-order valence-electron chi connectivity index (χ1n) is 5.78. The molecule has 1 aromatic rings. The molecule has 1 amide bonds. The minimum Gasteiger partial charge on any atom is -0.380 e. The van der Waals surface area contributed by atoms with Crippen molar-refractivity contribution in [1.82, 2.24) is 5.32 Å². The fourth-order valence-electron chi connectivity index (χ4n) is 1.53. The molecule has 0 radical (unpaired) electrons. The zero-order chi connectivity index (χ0) is 12.7. The van der Waals surface area contributed by atoms with E-state index >= 15 is 0 Å². The number of hydrogen-bond donors (Lipinski definition) is 2. The van der Waals surface area contributed by atoms with Gasteiger partial charge in [-0.25, -0.2) is 0 Å². The summed E-state index contributed by atoms with van der Waals surface area (Å²) in [7, 11) is 1.66. The molecule has 0 saturated carbocycles. The van der Waals surface area contributed by atoms with Gasteiger partial charge in [0.15, 0.2) is 0 Å². The number of nitrogens with one attached hydrogen (secondary N) is 1. The molecule has 0 bridgehead atoms. The van der Waals surface area contributed by atoms with E-state index in [-0.39, 0.29) is 5.91 Å². The van der Waals surface area contributed by atoms with Gasteiger partial charge in [-0.1, -0.05) is 31.2 Å². The Bertz CT molecular complexity index is 366. The molecular weight excluding hydrogens is 216 g/mol. The standard InChI is InChI=1S/C13H20N2O2/c1-3-12(14)13(16)15-8-10-6-4-5-7-11(10)9-17-2/h4-7,12H,3,8-9,14H2,1-2H3,(H,15,16)/t12-/m0/s1. The first-order chi connectivity index (χ1) is 8.19. The Morgan fingerprint density at radius 2 is 2.06 bits per heavy atom. The zero-order valence-corrected chi connectivity index (χ0v) is 10.4. The molecule has 17 heavy (non-hydrogen) atoms. The summed E-state index contributed by atoms with van der Waals surface area (Å²) in [4.78, 5) is 11.5. The van der Waals surface area contributed by atoms with Gasteiger partial charge in [-0.15, -0.1) is 0 Å². The SMILES string of the molecule is CC[C@H](N)C(=O)NCc1ccccc1COC. The van der Waals surface area contributed by atoms with Crippen LogP contribution in [0.1, 0.15) is 24.5 Å². The number of ether oxygens (including phenoxy) is 1. The molecule has 4 heteroatoms. The lowest BCUT2D eigenvalue weighted by Gasteiger charge is -2.12. The molecule has 0 aliphatic rings. The number of amides is 1. The summed E-state index contributed by atoms with van der Waals surface area (Å²) < 4.78 is 5.11. The van der Waals surface area contributed by atoms with Crippen molar-refractivity contribution in [2.75, 3.05) is 7.11 Å². The highest BCUT2D eigenvalue weighted by Crippen LogP contribution is 2.09. The molecule has 4 nitrogen and oxygen atoms in total. The normalized spacial score (nSPS) is 12.2. The van der Waals surface area contributed by atoms with Crippen molar-refractivity contribution >= 4 is 5.91 Å². The van der Waals surface area contributed by atoms with Crippen LogP contribution >= 0.6 is 0 Å². The smallest absolute Gasteiger partial charge is 0.237 e. The number of nitrogens with two attached hydrogens (primary N) is 1. The Morgan fingerprint density at radius 3 is 2.65 bits per heavy atom. The highest BCUT2D eigenvalue weighted by molar-refractivity contribution is 5.81. The van der Waals surface area contributed by atoms with Crippen molar-refractivity contribution in [2.45, 2.75) is 32.5 Å². The molecule has 3 N–H and O–H groups in total. The van der Waals surface area contributed by atoms with Crippen LogP contribution in [0.25, 0.3) is 0 Å². The van der Waals surface area contributed by atoms with Crippen LogP contribution in [0.15, 0.2) is 24.3 Å². The first-order valence-corrected chi connectivity index (χ1v) is 5.78. The quantitative estimate of drug-likeness (QED) is 0.779. The minimum atomic E-state index is -0.426. The average Bonchev–Trinajstić information content (AvgIpc) is 2.36. The molecule has 1 rings (SSSR count). The van der Waals surface area contributed by atoms with Gasteiger partial charge in [0.25, 0.3) is 0 Å². The summed E-state index contributed by atoms with van der Waals surface area (Å²) in [5, 5.41) is 2.83. The van der Waals surface area contributed by atoms with Crippen molar-refractivity contribution in [3.63, 3.8) is 0 Å². The summed E-state index contributed by atoms with van der Waals surface area (Å²) in [5.41, 5.74) is 7.79. The van der Waals surface area contributed by atoms with E-state index in [9.17, 15) is 4.79 Å². The van der Waals surface area contributed by atoms with E-state index in [0.29, 0.717) is 19.6 Å². The second-order valence-electron chi connectivity index (χ2n) is 3.93. The Labute approximate surface area is 102 Å². The second kappa shape index (κ2) is 7.04. The summed E-state index contributed by atoms with van der Waals surface area (Å²) in [5.74, 6) is -0.111. The molecule has 0 spiro atoms. The molecule has 0 aliphatic carbocycles. The van der Waals surface area contributed by atoms with Crippen LogP contribution in [-0.4, -0.2) is 19.1 Å². The fraction of sp³-hybridized carbons (Fsp3) is 0.462. The third kappa shape index (κ3) is 4.17. The maximum Gasteiger partial charge on any atom is 0.237 e. The molecule has 0 unspecified atom stereocenters. The molecule has 0 aromatic heterocycles. The van der Waals surface area contributed by atoms with Crippen molar-refractivity contribution in [1.29, 1.82) is 0 Å². The van der Waals surface area contributed by atoms with Crippen molar-refractivity contribution in [2.24, 2.45) is 5.73 Å². The zero-order valence-electron chi connectivity index (χ0n) is 10.4. The molecular formula is C13H20N2O2. The van der Waals surface area contributed by atoms with E-state index < -0.39 is 6.04 Å². The second-order valence-corrected chi connectivity index (χ2v) is 3.93. The van der Waals surface area contributed by atoms with E-state index in [2.05, 4.69) is 5.32 Å². The monoisotopic (exact) mass is 236 g/mol. The minimum absolute atomic E-state index is 0.111. The number of methoxy groups -OCH3 is 1. The summed E-state index contributed by atoms with van der Waals surface area (Å²) in [6, 6.07) is 7.44. The maximum absolute atomic E-state index is 11.5. The molecule has 0 aliphatic heterocycles. The van der Waals surface area contributed by atoms with Crippen molar-refractivity contribution in [3.8, 4) is 0 Å². The van der Waals surface area contributed by atoms with Gasteiger partial charge in [0.1, 0.15) is 0 Å². The van der Waals surface area contributed by atoms with E-state index in [4.69, 9.17) is 10.5 Å². The van der Waals surface area contributed by atoms with Gasteiger partial charge in [-0.05, 0) is 17.5 Å². The highest BCUT2D eigenvalue weighted by atomic mass is 16.5. The van der Waals surface area contributed by atoms with Crippen LogP contribution < -0.4 is 11.1 Å². The number of hydrogen-bond acceptors (Lipinski definition) is 3. The molecule has 1 aromatic carbocycles. The van der Waals surface area contributed by atoms with Crippen LogP contribution in [0.2, 0.25) is 0 Å². The fourth-order valence-corrected chi connectivity index (χ4v) is 1.53. The Kier molecular flexibility index (Phi) is 5.66. The van der Waals surface area contributed by atoms with E-state index in [1.165, 1.54) is 0 Å². The van der Waals surface area contributed by atoms with Gasteiger partial charge < -0.3 is 15.8 Å². The predicted octanol–water partition coefficient (Wildman–Crippen LogP) is 1.19. The summed E-state index contributed by atoms with van der Waals surface area (Å²) in [6.45, 7) is 2.93. The summed E-state index contributed by atoms with van der Waals surface area (Å²) in [6.07, 6.45) is 0.644. The molecule has 0 heterocycles. The number of rotatable bonds is 6. The van der Waals surface area contributed by atoms with Crippen LogP contribution in [0.4, 0.5) is 0 Å². The number of benzene rings is 1. The third-order valence-electron chi connectivity index (χ3n) is 2.65. The molecule has 0 fully saturated rings. The lowest BCUT2D eigenvalue weighted by molar-refractivity contribution is -0.122. The third-order valence-corrected chi connectivity index (χ3v) is 2.65. The Hall–Kier alpha value is -1.39. The lowest BCUT2D eigenvalue weighted by atomic mass is 10.1. The van der Waals surface area contributed by atoms with Gasteiger partial charge in [0.2, 0.25) is 5.91 Å². The Balaban J connectivity index is 2.59. The first kappa shape index (κ1) is 13.7. The van der Waals surface area contributed by atoms with Crippen LogP contribution in [0, 0.1) is 0 Å². The van der Waals surface area contributed by atoms with Crippen molar-refractivity contribution in [3.05, 3.63) is 35.4 Å². The van der Waals surface area contributed by atoms with Gasteiger partial charge >= 0.3 is 0 Å². The highest BCUT2D eigenvalue weighted by Gasteiger charge is 2.10. The topological polar surface area (TPSA) is 64.4 Å². The van der Waals surface area contributed by atoms with E-state index in [1.54, 1.807) is 7.11 Å². The van der Waals surface area contributed by atoms with Gasteiger partial charge in [0, 0.05) is 13.7 Å². The van der Waals surface area contributed by atoms with Gasteiger partial charge in [-0.2, -0.15) is 0 Å². The van der Waals surface area contributed by atoms with Crippen LogP contribution in [-0.2, 0) is 22.7 Å². The number of carbonyl (C=O) groups excluding carboxylic acids is 1. The lowest BCUT2D eigenvalue weighted by Crippen LogP contribution is -2.39. The Morgan fingerprint density at radius 1 is 1.41 bits per heavy atom. The molecule has 94 valence electrons.